The third-order valence-electron chi connectivity index (χ3n) is 3.55. The summed E-state index contributed by atoms with van der Waals surface area (Å²) in [6.45, 7) is 0.417. The lowest BCUT2D eigenvalue weighted by molar-refractivity contribution is 0.375. The Bertz CT molecular complexity index is 700. The lowest BCUT2D eigenvalue weighted by atomic mass is 10.2. The molecule has 1 aliphatic rings. The molecule has 0 bridgehead atoms. The highest BCUT2D eigenvalue weighted by Crippen LogP contribution is 2.18. The van der Waals surface area contributed by atoms with E-state index in [9.17, 15) is 0 Å². The van der Waals surface area contributed by atoms with E-state index in [-0.39, 0.29) is 0 Å². The normalized spacial score (nSPS) is 15.1. The average Bonchev–Trinajstić information content (AvgIpc) is 3.24. The van der Waals surface area contributed by atoms with E-state index in [1.807, 2.05) is 12.1 Å². The Morgan fingerprint density at radius 3 is 2.74 bits per heavy atom. The van der Waals surface area contributed by atoms with E-state index in [0.29, 0.717) is 29.3 Å². The standard InChI is InChI=1S/C16H18ClN5O/c1-18-16(20-13-4-2-3-5-13)19-10-14-21-15(22-23-14)11-6-8-12(17)9-7-11/h2-3,6-9,13H,4-5,10H2,1H3,(H2,18,19,20). The van der Waals surface area contributed by atoms with Gasteiger partial charge >= 0.3 is 0 Å². The van der Waals surface area contributed by atoms with Crippen molar-refractivity contribution in [2.24, 2.45) is 4.99 Å². The number of benzene rings is 1. The van der Waals surface area contributed by atoms with E-state index in [4.69, 9.17) is 16.1 Å². The molecule has 0 radical (unpaired) electrons. The predicted octanol–water partition coefficient (Wildman–Crippen LogP) is 2.77. The molecule has 0 saturated heterocycles. The van der Waals surface area contributed by atoms with Gasteiger partial charge in [0.05, 0.1) is 6.54 Å². The van der Waals surface area contributed by atoms with E-state index in [1.54, 1.807) is 19.2 Å². The van der Waals surface area contributed by atoms with Gasteiger partial charge in [-0.3, -0.25) is 4.99 Å². The number of nitrogens with zero attached hydrogens (tertiary/aromatic N) is 3. The monoisotopic (exact) mass is 331 g/mol. The van der Waals surface area contributed by atoms with E-state index >= 15 is 0 Å². The molecule has 0 spiro atoms. The first-order chi connectivity index (χ1) is 11.2. The van der Waals surface area contributed by atoms with Gasteiger partial charge in [-0.2, -0.15) is 4.98 Å². The van der Waals surface area contributed by atoms with Crippen LogP contribution >= 0.6 is 11.6 Å². The second-order valence-corrected chi connectivity index (χ2v) is 5.66. The molecule has 1 aromatic heterocycles. The quantitative estimate of drug-likeness (QED) is 0.512. The first-order valence-electron chi connectivity index (χ1n) is 7.45. The summed E-state index contributed by atoms with van der Waals surface area (Å²) in [6.07, 6.45) is 6.37. The lowest BCUT2D eigenvalue weighted by Gasteiger charge is -2.15. The molecule has 0 atom stereocenters. The van der Waals surface area contributed by atoms with Crippen molar-refractivity contribution in [2.75, 3.05) is 7.05 Å². The van der Waals surface area contributed by atoms with Gasteiger partial charge in [0.1, 0.15) is 0 Å². The number of hydrogen-bond acceptors (Lipinski definition) is 4. The summed E-state index contributed by atoms with van der Waals surface area (Å²) in [5.74, 6) is 1.77. The zero-order valence-electron chi connectivity index (χ0n) is 12.8. The molecule has 2 N–H and O–H groups in total. The zero-order valence-corrected chi connectivity index (χ0v) is 13.5. The molecule has 120 valence electrons. The van der Waals surface area contributed by atoms with Crippen molar-refractivity contribution in [2.45, 2.75) is 25.4 Å². The first kappa shape index (κ1) is 15.6. The number of nitrogens with one attached hydrogen (secondary N) is 2. The van der Waals surface area contributed by atoms with E-state index in [0.717, 1.165) is 24.4 Å². The van der Waals surface area contributed by atoms with E-state index in [2.05, 4.69) is 37.9 Å². The van der Waals surface area contributed by atoms with Crippen LogP contribution in [0.1, 0.15) is 18.7 Å². The molecular formula is C16H18ClN5O. The van der Waals surface area contributed by atoms with Crippen molar-refractivity contribution in [1.82, 2.24) is 20.8 Å². The van der Waals surface area contributed by atoms with Crippen molar-refractivity contribution < 1.29 is 4.52 Å². The second kappa shape index (κ2) is 7.28. The summed E-state index contributed by atoms with van der Waals surface area (Å²) < 4.78 is 5.26. The molecule has 6 nitrogen and oxygen atoms in total. The number of guanidine groups is 1. The molecule has 1 heterocycles. The van der Waals surface area contributed by atoms with Crippen molar-refractivity contribution in [3.63, 3.8) is 0 Å². The van der Waals surface area contributed by atoms with Crippen molar-refractivity contribution in [3.8, 4) is 11.4 Å². The Balaban J connectivity index is 1.57. The maximum absolute atomic E-state index is 5.88. The molecule has 0 aliphatic heterocycles. The second-order valence-electron chi connectivity index (χ2n) is 5.23. The van der Waals surface area contributed by atoms with Crippen molar-refractivity contribution in [1.29, 1.82) is 0 Å². The molecule has 0 fully saturated rings. The largest absolute Gasteiger partial charge is 0.353 e. The number of rotatable bonds is 4. The van der Waals surface area contributed by atoms with Crippen LogP contribution in [0.25, 0.3) is 11.4 Å². The summed E-state index contributed by atoms with van der Waals surface area (Å²) in [7, 11) is 1.74. The average molecular weight is 332 g/mol. The topological polar surface area (TPSA) is 75.3 Å². The molecular weight excluding hydrogens is 314 g/mol. The summed E-state index contributed by atoms with van der Waals surface area (Å²) in [5, 5.41) is 11.2. The third-order valence-corrected chi connectivity index (χ3v) is 3.80. The third kappa shape index (κ3) is 4.10. The Kier molecular flexibility index (Phi) is 4.92. The van der Waals surface area contributed by atoms with E-state index < -0.39 is 0 Å². The van der Waals surface area contributed by atoms with Crippen LogP contribution < -0.4 is 10.6 Å². The highest BCUT2D eigenvalue weighted by Gasteiger charge is 2.13. The first-order valence-corrected chi connectivity index (χ1v) is 7.83. The molecule has 1 aromatic carbocycles. The van der Waals surface area contributed by atoms with Gasteiger partial charge in [0.25, 0.3) is 0 Å². The van der Waals surface area contributed by atoms with Crippen molar-refractivity contribution in [3.05, 3.63) is 47.3 Å². The van der Waals surface area contributed by atoms with Gasteiger partial charge in [0.2, 0.25) is 11.7 Å². The minimum atomic E-state index is 0.397. The Morgan fingerprint density at radius 1 is 1.30 bits per heavy atom. The van der Waals surface area contributed by atoms with Crippen LogP contribution in [-0.2, 0) is 6.54 Å². The van der Waals surface area contributed by atoms with Crippen LogP contribution in [0.2, 0.25) is 5.02 Å². The lowest BCUT2D eigenvalue weighted by Crippen LogP contribution is -2.42. The van der Waals surface area contributed by atoms with Crippen LogP contribution in [-0.4, -0.2) is 29.2 Å². The highest BCUT2D eigenvalue weighted by molar-refractivity contribution is 6.30. The van der Waals surface area contributed by atoms with Crippen LogP contribution in [0, 0.1) is 0 Å². The molecule has 23 heavy (non-hydrogen) atoms. The van der Waals surface area contributed by atoms with Crippen LogP contribution in [0.5, 0.6) is 0 Å². The fraction of sp³-hybridized carbons (Fsp3) is 0.312. The smallest absolute Gasteiger partial charge is 0.246 e. The molecule has 0 amide bonds. The summed E-state index contributed by atoms with van der Waals surface area (Å²) in [4.78, 5) is 8.57. The van der Waals surface area contributed by atoms with Gasteiger partial charge in [-0.25, -0.2) is 0 Å². The molecule has 0 saturated carbocycles. The molecule has 1 aliphatic carbocycles. The Labute approximate surface area is 139 Å². The van der Waals surface area contributed by atoms with Gasteiger partial charge in [0.15, 0.2) is 5.96 Å². The van der Waals surface area contributed by atoms with Crippen LogP contribution in [0.15, 0.2) is 45.9 Å². The summed E-state index contributed by atoms with van der Waals surface area (Å²) in [6, 6.07) is 7.71. The van der Waals surface area contributed by atoms with Gasteiger partial charge in [-0.1, -0.05) is 28.9 Å². The minimum Gasteiger partial charge on any atom is -0.353 e. The molecule has 2 aromatic rings. The van der Waals surface area contributed by atoms with Gasteiger partial charge < -0.3 is 15.2 Å². The molecule has 3 rings (SSSR count). The molecule has 0 unspecified atom stereocenters. The maximum Gasteiger partial charge on any atom is 0.246 e. The molecule has 7 heteroatoms. The van der Waals surface area contributed by atoms with Gasteiger partial charge in [0, 0.05) is 23.7 Å². The van der Waals surface area contributed by atoms with E-state index in [1.165, 1.54) is 0 Å². The number of halogens is 1. The summed E-state index contributed by atoms with van der Waals surface area (Å²) >= 11 is 5.88. The Morgan fingerprint density at radius 2 is 2.04 bits per heavy atom. The number of aliphatic imine (C=N–C) groups is 1. The van der Waals surface area contributed by atoms with Gasteiger partial charge in [-0.05, 0) is 37.1 Å². The van der Waals surface area contributed by atoms with Crippen molar-refractivity contribution >= 4 is 17.6 Å². The van der Waals surface area contributed by atoms with Gasteiger partial charge in [-0.15, -0.1) is 0 Å². The zero-order chi connectivity index (χ0) is 16.1. The van der Waals surface area contributed by atoms with Crippen LogP contribution in [0.4, 0.5) is 0 Å². The highest BCUT2D eigenvalue weighted by atomic mass is 35.5. The Hall–Kier alpha value is -2.34. The number of aromatic nitrogens is 2. The SMILES string of the molecule is CN=C(NCc1nc(-c2ccc(Cl)cc2)no1)NC1CC=CC1. The maximum atomic E-state index is 5.88. The summed E-state index contributed by atoms with van der Waals surface area (Å²) in [5.41, 5.74) is 0.865. The fourth-order valence-corrected chi connectivity index (χ4v) is 2.45. The number of hydrogen-bond donors (Lipinski definition) is 2. The fourth-order valence-electron chi connectivity index (χ4n) is 2.33. The minimum absolute atomic E-state index is 0.397. The van der Waals surface area contributed by atoms with Crippen LogP contribution in [0.3, 0.4) is 0 Å². The predicted molar refractivity (Wildman–Crippen MR) is 90.2 cm³/mol.